The van der Waals surface area contributed by atoms with E-state index in [2.05, 4.69) is 5.32 Å². The molecule has 0 radical (unpaired) electrons. The van der Waals surface area contributed by atoms with Gasteiger partial charge >= 0.3 is 18.4 Å². The minimum absolute atomic E-state index is 0.00304. The van der Waals surface area contributed by atoms with Gasteiger partial charge in [0.25, 0.3) is 11.5 Å². The van der Waals surface area contributed by atoms with E-state index in [9.17, 15) is 41.0 Å². The molecule has 1 heterocycles. The minimum atomic E-state index is -5.98. The van der Waals surface area contributed by atoms with Gasteiger partial charge in [-0.1, -0.05) is 55.8 Å². The van der Waals surface area contributed by atoms with Crippen LogP contribution >= 0.6 is 0 Å². The number of rotatable bonds is 14. The van der Waals surface area contributed by atoms with Gasteiger partial charge < -0.3 is 19.9 Å². The smallest absolute Gasteiger partial charge is 0.430 e. The first-order valence-electron chi connectivity index (χ1n) is 16.1. The Labute approximate surface area is 281 Å². The van der Waals surface area contributed by atoms with Crippen LogP contribution in [0.1, 0.15) is 70.1 Å². The van der Waals surface area contributed by atoms with E-state index in [4.69, 9.17) is 9.47 Å². The van der Waals surface area contributed by atoms with Crippen molar-refractivity contribution >= 4 is 11.9 Å². The van der Waals surface area contributed by atoms with Crippen LogP contribution in [0, 0.1) is 0 Å². The van der Waals surface area contributed by atoms with Gasteiger partial charge in [0.2, 0.25) is 0 Å². The van der Waals surface area contributed by atoms with Crippen molar-refractivity contribution in [2.75, 3.05) is 13.2 Å². The van der Waals surface area contributed by atoms with Gasteiger partial charge in [-0.2, -0.15) is 26.3 Å². The average molecular weight is 695 g/mol. The number of hydrogen-bond donors (Lipinski definition) is 2. The molecule has 266 valence electrons. The van der Waals surface area contributed by atoms with Gasteiger partial charge in [-0.15, -0.1) is 0 Å². The molecule has 49 heavy (non-hydrogen) atoms. The van der Waals surface area contributed by atoms with Crippen LogP contribution < -0.4 is 14.8 Å². The molecule has 0 bridgehead atoms. The molecule has 1 fully saturated rings. The van der Waals surface area contributed by atoms with E-state index in [1.54, 1.807) is 62.4 Å². The summed E-state index contributed by atoms with van der Waals surface area (Å²) < 4.78 is 92.5. The lowest BCUT2D eigenvalue weighted by atomic mass is 9.87. The van der Waals surface area contributed by atoms with Crippen LogP contribution in [0.3, 0.4) is 0 Å². The minimum Gasteiger partial charge on any atom is -0.494 e. The first-order chi connectivity index (χ1) is 22.9. The molecule has 3 aromatic rings. The van der Waals surface area contributed by atoms with Gasteiger partial charge in [0, 0.05) is 12.1 Å². The molecule has 7 nitrogen and oxygen atoms in total. The fourth-order valence-electron chi connectivity index (χ4n) is 5.79. The number of carbonyl (C=O) groups excluding carboxylic acids is 2. The zero-order valence-electron chi connectivity index (χ0n) is 27.7. The summed E-state index contributed by atoms with van der Waals surface area (Å²) in [6.45, 7) is 7.73. The summed E-state index contributed by atoms with van der Waals surface area (Å²) in [4.78, 5) is 27.1. The molecule has 0 aromatic heterocycles. The summed E-state index contributed by atoms with van der Waals surface area (Å²) in [6, 6.07) is 15.8. The van der Waals surface area contributed by atoms with Gasteiger partial charge in [0.1, 0.15) is 17.0 Å². The van der Waals surface area contributed by atoms with Gasteiger partial charge in [-0.3, -0.25) is 9.69 Å². The van der Waals surface area contributed by atoms with Crippen molar-refractivity contribution in [3.63, 3.8) is 0 Å². The summed E-state index contributed by atoms with van der Waals surface area (Å²) >= 11 is 0. The fourth-order valence-corrected chi connectivity index (χ4v) is 5.79. The number of unbranched alkanes of at least 4 members (excludes halogenated alkanes) is 2. The maximum Gasteiger partial charge on any atom is 0.430 e. The van der Waals surface area contributed by atoms with E-state index in [-0.39, 0.29) is 37.1 Å². The molecule has 1 aliphatic heterocycles. The van der Waals surface area contributed by atoms with E-state index in [1.807, 2.05) is 13.8 Å². The van der Waals surface area contributed by atoms with Crippen LogP contribution in [-0.2, 0) is 22.4 Å². The topological polar surface area (TPSA) is 88.1 Å². The number of aryl methyl sites for hydroxylation is 1. The van der Waals surface area contributed by atoms with Crippen molar-refractivity contribution in [2.24, 2.45) is 0 Å². The van der Waals surface area contributed by atoms with Crippen LogP contribution in [0.2, 0.25) is 0 Å². The number of aliphatic hydroxyl groups is 1. The number of hydrogen-bond acceptors (Lipinski definition) is 5. The average Bonchev–Trinajstić information content (AvgIpc) is 3.25. The van der Waals surface area contributed by atoms with Crippen molar-refractivity contribution in [1.82, 2.24) is 10.2 Å². The summed E-state index contributed by atoms with van der Waals surface area (Å²) in [5.41, 5.74) is -5.69. The lowest BCUT2D eigenvalue weighted by molar-refractivity contribution is -0.376. The molecule has 1 unspecified atom stereocenters. The highest BCUT2D eigenvalue weighted by atomic mass is 19.4. The molecule has 0 aliphatic carbocycles. The maximum absolute atomic E-state index is 13.5. The van der Waals surface area contributed by atoms with Crippen LogP contribution in [0.5, 0.6) is 11.5 Å². The molecule has 2 N–H and O–H groups in total. The number of carbonyl (C=O) groups is 2. The zero-order chi connectivity index (χ0) is 36.2. The number of halogens is 6. The lowest BCUT2D eigenvalue weighted by Gasteiger charge is -2.33. The third-order valence-corrected chi connectivity index (χ3v) is 8.38. The molecule has 3 amide bonds. The molecule has 1 saturated heterocycles. The van der Waals surface area contributed by atoms with Crippen molar-refractivity contribution in [1.29, 1.82) is 0 Å². The molecule has 0 spiro atoms. The molecular weight excluding hydrogens is 654 g/mol. The van der Waals surface area contributed by atoms with Crippen molar-refractivity contribution in [3.05, 3.63) is 83.4 Å². The first kappa shape index (κ1) is 37.6. The van der Waals surface area contributed by atoms with Gasteiger partial charge in [-0.25, -0.2) is 4.79 Å². The number of imide groups is 1. The SMILES string of the molecule is CCCc1cc(C(O)(C(F)(F)F)C(F)(F)F)ccc1-c1cccc(OCCCCCN2C(=O)NC(C)(c3ccc(OC(C)C)cc3)C2=O)c1. The van der Waals surface area contributed by atoms with E-state index in [1.165, 1.54) is 4.90 Å². The second-order valence-corrected chi connectivity index (χ2v) is 12.5. The Hall–Kier alpha value is -4.26. The second kappa shape index (κ2) is 14.7. The van der Waals surface area contributed by atoms with Crippen LogP contribution in [0.15, 0.2) is 66.7 Å². The standard InChI is InChI=1S/C36H40F6N2O5/c1-5-10-24-21-27(34(47,35(37,38)39)36(40,41)42)15-18-30(24)25-11-9-12-29(22-25)48-20-8-6-7-19-44-31(45)33(4,43-32(44)46)26-13-16-28(17-14-26)49-23(2)3/h9,11-18,21-23,47H,5-8,10,19-20H2,1-4H3,(H,43,46). The summed E-state index contributed by atoms with van der Waals surface area (Å²) in [6.07, 6.45) is -9.58. The summed E-state index contributed by atoms with van der Waals surface area (Å²) in [5.74, 6) is 0.758. The van der Waals surface area contributed by atoms with Gasteiger partial charge in [0.05, 0.1) is 12.7 Å². The summed E-state index contributed by atoms with van der Waals surface area (Å²) in [5, 5.41) is 12.7. The number of benzene rings is 3. The van der Waals surface area contributed by atoms with Gasteiger partial charge in [-0.05, 0) is 93.0 Å². The number of ether oxygens (including phenoxy) is 2. The molecular formula is C36H40F6N2O5. The van der Waals surface area contributed by atoms with Crippen LogP contribution in [0.4, 0.5) is 31.1 Å². The lowest BCUT2D eigenvalue weighted by Crippen LogP contribution is -2.53. The van der Waals surface area contributed by atoms with Crippen molar-refractivity contribution in [2.45, 2.75) is 89.4 Å². The van der Waals surface area contributed by atoms with E-state index in [0.29, 0.717) is 59.9 Å². The van der Waals surface area contributed by atoms with Crippen molar-refractivity contribution < 1.29 is 50.5 Å². The molecule has 1 atom stereocenters. The molecule has 13 heteroatoms. The zero-order valence-corrected chi connectivity index (χ0v) is 27.7. The van der Waals surface area contributed by atoms with Crippen LogP contribution in [-0.4, -0.2) is 53.6 Å². The number of alkyl halides is 6. The Morgan fingerprint density at radius 3 is 2.16 bits per heavy atom. The highest BCUT2D eigenvalue weighted by Crippen LogP contribution is 2.50. The number of amides is 3. The highest BCUT2D eigenvalue weighted by molar-refractivity contribution is 6.07. The quantitative estimate of drug-likeness (QED) is 0.101. The number of nitrogens with one attached hydrogen (secondary N) is 1. The Kier molecular flexibility index (Phi) is 11.3. The molecule has 3 aromatic carbocycles. The molecule has 0 saturated carbocycles. The third-order valence-electron chi connectivity index (χ3n) is 8.38. The van der Waals surface area contributed by atoms with E-state index >= 15 is 0 Å². The molecule has 1 aliphatic rings. The Morgan fingerprint density at radius 2 is 1.55 bits per heavy atom. The fraction of sp³-hybridized carbons (Fsp3) is 0.444. The van der Waals surface area contributed by atoms with E-state index in [0.717, 1.165) is 12.1 Å². The largest absolute Gasteiger partial charge is 0.494 e. The Bertz CT molecular complexity index is 1610. The maximum atomic E-state index is 13.5. The predicted molar refractivity (Wildman–Crippen MR) is 171 cm³/mol. The normalized spacial score (nSPS) is 17.1. The predicted octanol–water partition coefficient (Wildman–Crippen LogP) is 8.42. The van der Waals surface area contributed by atoms with E-state index < -0.39 is 35.1 Å². The first-order valence-corrected chi connectivity index (χ1v) is 16.1. The summed E-state index contributed by atoms with van der Waals surface area (Å²) in [7, 11) is 0. The monoisotopic (exact) mass is 694 g/mol. The highest BCUT2D eigenvalue weighted by Gasteiger charge is 2.71. The van der Waals surface area contributed by atoms with Crippen molar-refractivity contribution in [3.8, 4) is 22.6 Å². The Balaban J connectivity index is 1.34. The Morgan fingerprint density at radius 1 is 0.878 bits per heavy atom. The van der Waals surface area contributed by atoms with Gasteiger partial charge in [0.15, 0.2) is 0 Å². The second-order valence-electron chi connectivity index (χ2n) is 12.5. The molecule has 4 rings (SSSR count). The number of urea groups is 1. The van der Waals surface area contributed by atoms with Crippen LogP contribution in [0.25, 0.3) is 11.1 Å². The third kappa shape index (κ3) is 7.98. The number of nitrogens with zero attached hydrogens (tertiary/aromatic N) is 1.